The van der Waals surface area contributed by atoms with Crippen LogP contribution in [0.2, 0.25) is 0 Å². The van der Waals surface area contributed by atoms with Crippen molar-refractivity contribution in [2.24, 2.45) is 0 Å². The van der Waals surface area contributed by atoms with Crippen molar-refractivity contribution in [3.63, 3.8) is 0 Å². The summed E-state index contributed by atoms with van der Waals surface area (Å²) in [6.07, 6.45) is 3.78. The van der Waals surface area contributed by atoms with Gasteiger partial charge in [-0.1, -0.05) is 55.6 Å². The Balaban J connectivity index is 0.957. The lowest BCUT2D eigenvalue weighted by Crippen LogP contribution is -1.78. The van der Waals surface area contributed by atoms with Crippen LogP contribution >= 0.6 is 0 Å². The van der Waals surface area contributed by atoms with Crippen LogP contribution in [0.3, 0.4) is 0 Å². The van der Waals surface area contributed by atoms with Gasteiger partial charge in [-0.2, -0.15) is 0 Å². The number of nitrogens with one attached hydrogen (secondary N) is 9. The molecule has 9 heterocycles. The zero-order chi connectivity index (χ0) is 44.7. The molecular weight excluding hydrogens is 847 g/mol. The summed E-state index contributed by atoms with van der Waals surface area (Å²) in [5.74, 6) is 0. The van der Waals surface area contributed by atoms with Crippen LogP contribution in [0.15, 0.2) is 134 Å². The first kappa shape index (κ1) is 34.7. The minimum atomic E-state index is 0.980. The van der Waals surface area contributed by atoms with Crippen molar-refractivity contribution in [3.05, 3.63) is 146 Å². The fourth-order valence-corrected chi connectivity index (χ4v) is 12.9. The molecule has 0 atom stereocenters. The van der Waals surface area contributed by atoms with Crippen LogP contribution in [-0.2, 0) is 0 Å². The van der Waals surface area contributed by atoms with Gasteiger partial charge in [-0.3, -0.25) is 0 Å². The molecule has 0 saturated heterocycles. The highest BCUT2D eigenvalue weighted by atomic mass is 14.8. The minimum absolute atomic E-state index is 0.980. The summed E-state index contributed by atoms with van der Waals surface area (Å²) in [4.78, 5) is 34.6. The summed E-state index contributed by atoms with van der Waals surface area (Å²) in [6.45, 7) is 8.16. The molecule has 9 nitrogen and oxygen atoms in total. The van der Waals surface area contributed by atoms with E-state index < -0.39 is 0 Å². The van der Waals surface area contributed by atoms with Crippen molar-refractivity contribution in [1.29, 1.82) is 0 Å². The van der Waals surface area contributed by atoms with Crippen molar-refractivity contribution < 1.29 is 0 Å². The maximum Gasteiger partial charge on any atom is 0.0588 e. The molecule has 320 valence electrons. The molecule has 9 heteroatoms. The predicted molar refractivity (Wildman–Crippen MR) is 293 cm³/mol. The summed E-state index contributed by atoms with van der Waals surface area (Å²) in [7, 11) is 0. The Labute approximate surface area is 386 Å². The first-order valence-corrected chi connectivity index (χ1v) is 23.5. The van der Waals surface area contributed by atoms with E-state index in [-0.39, 0.29) is 0 Å². The fraction of sp³-hybridized carbons (Fsp3) is 0. The largest absolute Gasteiger partial charge is 0.355 e. The molecule has 69 heavy (non-hydrogen) atoms. The Hall–Kier alpha value is -9.60. The van der Waals surface area contributed by atoms with Gasteiger partial charge in [0.2, 0.25) is 0 Å². The number of hydrogen-bond acceptors (Lipinski definition) is 0. The van der Waals surface area contributed by atoms with Gasteiger partial charge in [0, 0.05) is 180 Å². The maximum absolute atomic E-state index is 4.11. The van der Waals surface area contributed by atoms with Crippen molar-refractivity contribution >= 4 is 198 Å². The van der Waals surface area contributed by atoms with Crippen LogP contribution in [0.1, 0.15) is 11.3 Å². The zero-order valence-electron chi connectivity index (χ0n) is 36.6. The Morgan fingerprint density at radius 2 is 0.522 bits per heavy atom. The molecule has 0 spiro atoms. The minimum Gasteiger partial charge on any atom is -0.355 e. The molecule has 0 bridgehead atoms. The molecule has 18 rings (SSSR count). The lowest BCUT2D eigenvalue weighted by atomic mass is 10.0. The van der Waals surface area contributed by atoms with E-state index >= 15 is 0 Å². The normalized spacial score (nSPS) is 13.0. The molecule has 0 aliphatic heterocycles. The highest BCUT2D eigenvalue weighted by molar-refractivity contribution is 6.40. The number of H-pyrrole nitrogens is 9. The van der Waals surface area contributed by atoms with Crippen LogP contribution in [0.5, 0.6) is 0 Å². The molecule has 0 radical (unpaired) electrons. The third-order valence-electron chi connectivity index (χ3n) is 15.9. The Morgan fingerprint density at radius 3 is 0.870 bits per heavy atom. The maximum atomic E-state index is 4.11. The fourth-order valence-electron chi connectivity index (χ4n) is 12.9. The molecule has 9 N–H and O–H groups in total. The molecule has 9 aromatic heterocycles. The second kappa shape index (κ2) is 11.5. The highest BCUT2D eigenvalue weighted by Gasteiger charge is 2.24. The number of aromatic nitrogens is 9. The Kier molecular flexibility index (Phi) is 5.78. The molecule has 0 aliphatic rings. The van der Waals surface area contributed by atoms with Crippen LogP contribution in [0.4, 0.5) is 0 Å². The quantitative estimate of drug-likeness (QED) is 0.0816. The first-order chi connectivity index (χ1) is 34.0. The molecular formula is C60H35N9. The van der Waals surface area contributed by atoms with Gasteiger partial charge in [0.25, 0.3) is 0 Å². The van der Waals surface area contributed by atoms with Crippen molar-refractivity contribution in [1.82, 2.24) is 44.9 Å². The molecule has 18 aromatic rings. The SMILES string of the molecule is C=Cc1[nH]c2cc3c(cc2c1C=C)[nH]c1cc2c(cc13)[nH]c1c2c2[nH]c3cc4c(cc3c2c2[nH]c3cc5c(cc3c12)[nH]c1cc2c(cc15)[nH]c1ccccc12)[nH]c1cc2c(cc14)[nH]c1ccccc12. The van der Waals surface area contributed by atoms with Crippen molar-refractivity contribution in [2.45, 2.75) is 0 Å². The molecule has 0 saturated carbocycles. The highest BCUT2D eigenvalue weighted by Crippen LogP contribution is 2.48. The zero-order valence-corrected chi connectivity index (χ0v) is 36.6. The van der Waals surface area contributed by atoms with Crippen LogP contribution < -0.4 is 0 Å². The van der Waals surface area contributed by atoms with Gasteiger partial charge in [0.05, 0.1) is 16.6 Å². The smallest absolute Gasteiger partial charge is 0.0588 e. The average molecular weight is 882 g/mol. The van der Waals surface area contributed by atoms with E-state index in [2.05, 4.69) is 179 Å². The van der Waals surface area contributed by atoms with Gasteiger partial charge in [0.1, 0.15) is 0 Å². The van der Waals surface area contributed by atoms with Crippen LogP contribution in [0.25, 0.3) is 198 Å². The van der Waals surface area contributed by atoms with E-state index in [1.54, 1.807) is 0 Å². The van der Waals surface area contributed by atoms with Gasteiger partial charge in [-0.05, 0) is 91.0 Å². The Bertz CT molecular complexity index is 5480. The summed E-state index contributed by atoms with van der Waals surface area (Å²) >= 11 is 0. The number of para-hydroxylation sites is 2. The van der Waals surface area contributed by atoms with E-state index in [1.165, 1.54) is 70.0 Å². The van der Waals surface area contributed by atoms with E-state index in [0.717, 1.165) is 127 Å². The lowest BCUT2D eigenvalue weighted by Gasteiger charge is -2.01. The number of benzene rings is 9. The number of rotatable bonds is 2. The summed E-state index contributed by atoms with van der Waals surface area (Å²) in [5.41, 5.74) is 20.9. The first-order valence-electron chi connectivity index (χ1n) is 23.5. The van der Waals surface area contributed by atoms with Gasteiger partial charge < -0.3 is 44.9 Å². The molecule has 0 amide bonds. The van der Waals surface area contributed by atoms with Gasteiger partial charge in [0.15, 0.2) is 0 Å². The average Bonchev–Trinajstić information content (AvgIpc) is 4.25. The van der Waals surface area contributed by atoms with E-state index in [9.17, 15) is 0 Å². The third-order valence-corrected chi connectivity index (χ3v) is 15.9. The summed E-state index contributed by atoms with van der Waals surface area (Å²) in [6, 6.07) is 44.9. The number of aromatic amines is 9. The number of hydrogen-bond donors (Lipinski definition) is 9. The summed E-state index contributed by atoms with van der Waals surface area (Å²) < 4.78 is 0. The third kappa shape index (κ3) is 4.12. The second-order valence-electron chi connectivity index (χ2n) is 19.4. The second-order valence-corrected chi connectivity index (χ2v) is 19.4. The topological polar surface area (TPSA) is 142 Å². The predicted octanol–water partition coefficient (Wildman–Crippen LogP) is 16.5. The van der Waals surface area contributed by atoms with Gasteiger partial charge >= 0.3 is 0 Å². The lowest BCUT2D eigenvalue weighted by molar-refractivity contribution is 1.43. The van der Waals surface area contributed by atoms with E-state index in [0.29, 0.717) is 0 Å². The van der Waals surface area contributed by atoms with Crippen LogP contribution in [-0.4, -0.2) is 44.9 Å². The van der Waals surface area contributed by atoms with E-state index in [1.807, 2.05) is 12.2 Å². The standard InChI is InChI=1S/C60H35N9/c1-3-25-28-13-46-31(16-43(28)61-40(25)4-2)34-19-52-37(22-49(34)64-46)55-58(67-52)56-38-23-50-36(33-18-45-30(15-48(33)65-50)27-10-6-8-12-42(27)63-45)21-54(38)69-60(56)57-39-24-51-35(20-53(39)68-59(55)57)32-17-44-29(14-47(32)66-51)26-9-5-7-11-41(26)62-44/h3-24,61-69H,1-2H2. The monoisotopic (exact) mass is 881 g/mol. The molecule has 0 aliphatic carbocycles. The van der Waals surface area contributed by atoms with Crippen LogP contribution in [0, 0.1) is 0 Å². The van der Waals surface area contributed by atoms with E-state index in [4.69, 9.17) is 0 Å². The molecule has 0 fully saturated rings. The Morgan fingerprint density at radius 1 is 0.246 bits per heavy atom. The van der Waals surface area contributed by atoms with Gasteiger partial charge in [-0.25, -0.2) is 0 Å². The number of fused-ring (bicyclic) bond motifs is 28. The van der Waals surface area contributed by atoms with Crippen molar-refractivity contribution in [2.75, 3.05) is 0 Å². The van der Waals surface area contributed by atoms with Crippen molar-refractivity contribution in [3.8, 4) is 0 Å². The molecule has 9 aromatic carbocycles. The van der Waals surface area contributed by atoms with Gasteiger partial charge in [-0.15, -0.1) is 0 Å². The summed E-state index contributed by atoms with van der Waals surface area (Å²) in [5, 5.41) is 20.2. The molecule has 0 unspecified atom stereocenters.